The molecule has 0 aliphatic heterocycles. The average molecular weight is 141 g/mol. The van der Waals surface area contributed by atoms with Gasteiger partial charge in [0.15, 0.2) is 0 Å². The highest BCUT2D eigenvalue weighted by Crippen LogP contribution is 2.08. The van der Waals surface area contributed by atoms with Crippen molar-refractivity contribution in [3.05, 3.63) is 0 Å². The lowest BCUT2D eigenvalue weighted by atomic mass is 10.1. The highest BCUT2D eigenvalue weighted by atomic mass is 14.8. The van der Waals surface area contributed by atoms with Crippen LogP contribution in [-0.2, 0) is 0 Å². The Labute approximate surface area is 64.6 Å². The summed E-state index contributed by atoms with van der Waals surface area (Å²) in [6.45, 7) is 10.7. The van der Waals surface area contributed by atoms with Gasteiger partial charge in [-0.25, -0.2) is 0 Å². The molecule has 0 heterocycles. The summed E-state index contributed by atoms with van der Waals surface area (Å²) in [6, 6.07) is 0. The number of rotatable bonds is 2. The lowest BCUT2D eigenvalue weighted by Crippen LogP contribution is -2.12. The van der Waals surface area contributed by atoms with Gasteiger partial charge >= 0.3 is 0 Å². The number of nitrogens with zero attached hydrogens (tertiary/aromatic N) is 1. The van der Waals surface area contributed by atoms with Gasteiger partial charge in [-0.05, 0) is 34.1 Å². The van der Waals surface area contributed by atoms with Crippen LogP contribution in [0.4, 0.5) is 0 Å². The van der Waals surface area contributed by atoms with Gasteiger partial charge < -0.3 is 0 Å². The number of aliphatic imine (C=N–C) groups is 1. The third-order valence-electron chi connectivity index (χ3n) is 1.14. The molecule has 0 saturated carbocycles. The van der Waals surface area contributed by atoms with Crippen molar-refractivity contribution in [2.75, 3.05) is 0 Å². The highest BCUT2D eigenvalue weighted by Gasteiger charge is 2.06. The van der Waals surface area contributed by atoms with E-state index in [2.05, 4.69) is 39.6 Å². The Morgan fingerprint density at radius 1 is 1.30 bits per heavy atom. The van der Waals surface area contributed by atoms with E-state index in [4.69, 9.17) is 0 Å². The van der Waals surface area contributed by atoms with Crippen LogP contribution >= 0.6 is 0 Å². The zero-order valence-corrected chi connectivity index (χ0v) is 7.86. The van der Waals surface area contributed by atoms with E-state index >= 15 is 0 Å². The largest absolute Gasteiger partial charge is 0.289 e. The van der Waals surface area contributed by atoms with Gasteiger partial charge in [-0.15, -0.1) is 0 Å². The summed E-state index contributed by atoms with van der Waals surface area (Å²) in [7, 11) is 0. The van der Waals surface area contributed by atoms with Gasteiger partial charge in [0.2, 0.25) is 0 Å². The van der Waals surface area contributed by atoms with E-state index in [1.54, 1.807) is 0 Å². The van der Waals surface area contributed by atoms with Crippen LogP contribution in [0.3, 0.4) is 0 Å². The van der Waals surface area contributed by atoms with Crippen LogP contribution in [0.25, 0.3) is 0 Å². The topological polar surface area (TPSA) is 12.4 Å². The van der Waals surface area contributed by atoms with Crippen molar-refractivity contribution in [3.8, 4) is 0 Å². The van der Waals surface area contributed by atoms with Gasteiger partial charge in [-0.2, -0.15) is 0 Å². The second-order valence-electron chi connectivity index (χ2n) is 3.77. The molecule has 0 radical (unpaired) electrons. The van der Waals surface area contributed by atoms with Crippen molar-refractivity contribution in [1.82, 2.24) is 0 Å². The summed E-state index contributed by atoms with van der Waals surface area (Å²) in [5, 5.41) is 0. The first kappa shape index (κ1) is 9.67. The molecule has 0 amide bonds. The van der Waals surface area contributed by atoms with E-state index in [9.17, 15) is 0 Å². The minimum absolute atomic E-state index is 0.110. The molecule has 0 fully saturated rings. The second-order valence-corrected chi connectivity index (χ2v) is 3.77. The fourth-order valence-corrected chi connectivity index (χ4v) is 0.990. The van der Waals surface area contributed by atoms with Crippen molar-refractivity contribution < 1.29 is 0 Å². The normalized spacial score (nSPS) is 13.9. The lowest BCUT2D eigenvalue weighted by molar-refractivity contribution is 0.581. The Morgan fingerprint density at radius 2 is 1.80 bits per heavy atom. The van der Waals surface area contributed by atoms with Crippen molar-refractivity contribution >= 4 is 5.71 Å². The standard InChI is InChI=1S/C9H19N/c1-6-7-8(2)10-9(3,4)5/h6-7H2,1-5H3/b10-8+. The Morgan fingerprint density at radius 3 is 2.10 bits per heavy atom. The maximum atomic E-state index is 4.52. The maximum Gasteiger partial charge on any atom is 0.0523 e. The van der Waals surface area contributed by atoms with Crippen LogP contribution in [0.15, 0.2) is 4.99 Å². The zero-order valence-electron chi connectivity index (χ0n) is 7.86. The van der Waals surface area contributed by atoms with Crippen LogP contribution in [-0.4, -0.2) is 11.3 Å². The molecule has 0 aromatic carbocycles. The Bertz CT molecular complexity index is 117. The van der Waals surface area contributed by atoms with Crippen molar-refractivity contribution in [2.45, 2.75) is 53.0 Å². The predicted octanol–water partition coefficient (Wildman–Crippen LogP) is 3.05. The molecule has 1 nitrogen and oxygen atoms in total. The Hall–Kier alpha value is -0.330. The third kappa shape index (κ3) is 5.80. The van der Waals surface area contributed by atoms with Gasteiger partial charge in [-0.1, -0.05) is 13.3 Å². The maximum absolute atomic E-state index is 4.52. The van der Waals surface area contributed by atoms with Gasteiger partial charge in [0.05, 0.1) is 5.54 Å². The van der Waals surface area contributed by atoms with Gasteiger partial charge in [-0.3, -0.25) is 4.99 Å². The Kier molecular flexibility index (Phi) is 3.62. The quantitative estimate of drug-likeness (QED) is 0.524. The van der Waals surface area contributed by atoms with Crippen LogP contribution in [0, 0.1) is 0 Å². The second kappa shape index (κ2) is 3.75. The summed E-state index contributed by atoms with van der Waals surface area (Å²) in [5.74, 6) is 0. The molecule has 10 heavy (non-hydrogen) atoms. The molecule has 0 N–H and O–H groups in total. The number of hydrogen-bond acceptors (Lipinski definition) is 1. The van der Waals surface area contributed by atoms with E-state index < -0.39 is 0 Å². The third-order valence-corrected chi connectivity index (χ3v) is 1.14. The molecular formula is C9H19N. The van der Waals surface area contributed by atoms with Crippen LogP contribution in [0.2, 0.25) is 0 Å². The Balaban J connectivity index is 3.90. The summed E-state index contributed by atoms with van der Waals surface area (Å²) >= 11 is 0. The van der Waals surface area contributed by atoms with Gasteiger partial charge in [0, 0.05) is 5.71 Å². The van der Waals surface area contributed by atoms with Crippen molar-refractivity contribution in [3.63, 3.8) is 0 Å². The SMILES string of the molecule is CCC/C(C)=N/C(C)(C)C. The van der Waals surface area contributed by atoms with Crippen LogP contribution in [0.5, 0.6) is 0 Å². The minimum atomic E-state index is 0.110. The molecule has 0 spiro atoms. The molecule has 0 saturated heterocycles. The van der Waals surface area contributed by atoms with E-state index in [0.29, 0.717) is 0 Å². The molecule has 0 aromatic rings. The van der Waals surface area contributed by atoms with E-state index in [-0.39, 0.29) is 5.54 Å². The summed E-state index contributed by atoms with van der Waals surface area (Å²) in [5.41, 5.74) is 1.38. The molecule has 0 bridgehead atoms. The van der Waals surface area contributed by atoms with Gasteiger partial charge in [0.25, 0.3) is 0 Å². The van der Waals surface area contributed by atoms with Crippen LogP contribution in [0.1, 0.15) is 47.5 Å². The average Bonchev–Trinajstić information content (AvgIpc) is 1.59. The highest BCUT2D eigenvalue weighted by molar-refractivity contribution is 5.82. The first-order chi connectivity index (χ1) is 4.45. The molecule has 0 atom stereocenters. The predicted molar refractivity (Wildman–Crippen MR) is 47.8 cm³/mol. The fraction of sp³-hybridized carbons (Fsp3) is 0.889. The van der Waals surface area contributed by atoms with Crippen molar-refractivity contribution in [1.29, 1.82) is 0 Å². The molecule has 0 aliphatic rings. The summed E-state index contributed by atoms with van der Waals surface area (Å²) in [6.07, 6.45) is 2.34. The molecule has 0 aromatic heterocycles. The fourth-order valence-electron chi connectivity index (χ4n) is 0.990. The molecule has 1 heteroatoms. The number of hydrogen-bond donors (Lipinski definition) is 0. The van der Waals surface area contributed by atoms with E-state index in [1.165, 1.54) is 12.1 Å². The monoisotopic (exact) mass is 141 g/mol. The van der Waals surface area contributed by atoms with Gasteiger partial charge in [0.1, 0.15) is 0 Å². The molecule has 0 aliphatic carbocycles. The molecule has 60 valence electrons. The first-order valence-corrected chi connectivity index (χ1v) is 4.01. The molecular weight excluding hydrogens is 122 g/mol. The van der Waals surface area contributed by atoms with E-state index in [0.717, 1.165) is 6.42 Å². The zero-order chi connectivity index (χ0) is 8.20. The smallest absolute Gasteiger partial charge is 0.0523 e. The summed E-state index contributed by atoms with van der Waals surface area (Å²) in [4.78, 5) is 4.52. The minimum Gasteiger partial charge on any atom is -0.289 e. The molecule has 0 unspecified atom stereocenters. The van der Waals surface area contributed by atoms with Crippen LogP contribution < -0.4 is 0 Å². The van der Waals surface area contributed by atoms with E-state index in [1.807, 2.05) is 0 Å². The first-order valence-electron chi connectivity index (χ1n) is 4.01. The summed E-state index contributed by atoms with van der Waals surface area (Å²) < 4.78 is 0. The van der Waals surface area contributed by atoms with Crippen molar-refractivity contribution in [2.24, 2.45) is 4.99 Å². The lowest BCUT2D eigenvalue weighted by Gasteiger charge is -2.13. The molecule has 0 rings (SSSR count).